The average Bonchev–Trinajstić information content (AvgIpc) is 2.52. The lowest BCUT2D eigenvalue weighted by Crippen LogP contribution is -2.46. The zero-order chi connectivity index (χ0) is 18.9. The summed E-state index contributed by atoms with van der Waals surface area (Å²) in [5, 5.41) is 3.19. The third-order valence-corrected chi connectivity index (χ3v) is 4.90. The SMILES string of the molecule is C[C@@H]1CN(c2ncc3c(n2)CCC[C@@H]3NC(=O)CC(C)(C)C)C[C@@H](C)O1. The Kier molecular flexibility index (Phi) is 5.51. The molecular formula is C20H32N4O2. The molecular weight excluding hydrogens is 328 g/mol. The van der Waals surface area contributed by atoms with Gasteiger partial charge in [0, 0.05) is 31.3 Å². The molecule has 0 bridgehead atoms. The van der Waals surface area contributed by atoms with Crippen LogP contribution >= 0.6 is 0 Å². The van der Waals surface area contributed by atoms with Gasteiger partial charge in [0.2, 0.25) is 11.9 Å². The predicted octanol–water partition coefficient (Wildman–Crippen LogP) is 3.02. The van der Waals surface area contributed by atoms with Crippen LogP contribution in [-0.2, 0) is 16.0 Å². The minimum atomic E-state index is -0.00828. The molecule has 1 saturated heterocycles. The number of rotatable bonds is 3. The molecule has 0 spiro atoms. The van der Waals surface area contributed by atoms with Gasteiger partial charge in [0.25, 0.3) is 0 Å². The van der Waals surface area contributed by atoms with E-state index in [2.05, 4.69) is 49.8 Å². The fraction of sp³-hybridized carbons (Fsp3) is 0.750. The van der Waals surface area contributed by atoms with E-state index >= 15 is 0 Å². The van der Waals surface area contributed by atoms with Crippen molar-refractivity contribution < 1.29 is 9.53 Å². The summed E-state index contributed by atoms with van der Waals surface area (Å²) in [5.41, 5.74) is 2.15. The van der Waals surface area contributed by atoms with Crippen LogP contribution in [0.15, 0.2) is 6.20 Å². The van der Waals surface area contributed by atoms with E-state index in [0.717, 1.165) is 49.6 Å². The smallest absolute Gasteiger partial charge is 0.225 e. The molecule has 0 radical (unpaired) electrons. The van der Waals surface area contributed by atoms with Crippen molar-refractivity contribution in [1.82, 2.24) is 15.3 Å². The second kappa shape index (κ2) is 7.51. The van der Waals surface area contributed by atoms with Gasteiger partial charge in [0.15, 0.2) is 0 Å². The first kappa shape index (κ1) is 19.1. The topological polar surface area (TPSA) is 67.4 Å². The number of carbonyl (C=O) groups is 1. The van der Waals surface area contributed by atoms with E-state index in [9.17, 15) is 4.79 Å². The van der Waals surface area contributed by atoms with Gasteiger partial charge < -0.3 is 15.0 Å². The Bertz CT molecular complexity index is 646. The summed E-state index contributed by atoms with van der Waals surface area (Å²) in [4.78, 5) is 24.0. The molecule has 1 aliphatic carbocycles. The Morgan fingerprint density at radius 2 is 2.00 bits per heavy atom. The van der Waals surface area contributed by atoms with Crippen LogP contribution in [0.4, 0.5) is 5.95 Å². The van der Waals surface area contributed by atoms with Crippen LogP contribution in [0.1, 0.15) is 71.2 Å². The van der Waals surface area contributed by atoms with Crippen LogP contribution in [0.5, 0.6) is 0 Å². The van der Waals surface area contributed by atoms with E-state index in [-0.39, 0.29) is 29.6 Å². The van der Waals surface area contributed by atoms with Crippen LogP contribution in [0, 0.1) is 5.41 Å². The third kappa shape index (κ3) is 4.72. The molecule has 26 heavy (non-hydrogen) atoms. The number of morpholine rings is 1. The zero-order valence-corrected chi connectivity index (χ0v) is 16.7. The quantitative estimate of drug-likeness (QED) is 0.897. The number of nitrogens with zero attached hydrogens (tertiary/aromatic N) is 3. The van der Waals surface area contributed by atoms with Crippen molar-refractivity contribution in [2.75, 3.05) is 18.0 Å². The summed E-state index contributed by atoms with van der Waals surface area (Å²) in [6.07, 6.45) is 5.76. The molecule has 1 aromatic heterocycles. The predicted molar refractivity (Wildman–Crippen MR) is 102 cm³/mol. The van der Waals surface area contributed by atoms with Gasteiger partial charge in [-0.2, -0.15) is 0 Å². The number of nitrogens with one attached hydrogen (secondary N) is 1. The van der Waals surface area contributed by atoms with Gasteiger partial charge in [0.05, 0.1) is 23.9 Å². The summed E-state index contributed by atoms with van der Waals surface area (Å²) < 4.78 is 5.81. The number of fused-ring (bicyclic) bond motifs is 1. The molecule has 6 nitrogen and oxygen atoms in total. The number of ether oxygens (including phenoxy) is 1. The molecule has 0 unspecified atom stereocenters. The fourth-order valence-corrected chi connectivity index (χ4v) is 3.91. The lowest BCUT2D eigenvalue weighted by molar-refractivity contribution is -0.123. The largest absolute Gasteiger partial charge is 0.372 e. The molecule has 1 fully saturated rings. The molecule has 1 N–H and O–H groups in total. The second-order valence-corrected chi connectivity index (χ2v) is 8.98. The molecule has 144 valence electrons. The van der Waals surface area contributed by atoms with Crippen molar-refractivity contribution in [3.8, 4) is 0 Å². The first-order chi connectivity index (χ1) is 12.2. The normalized spacial score (nSPS) is 26.3. The Hall–Kier alpha value is -1.69. The molecule has 2 heterocycles. The Morgan fingerprint density at radius 1 is 1.31 bits per heavy atom. The maximum absolute atomic E-state index is 12.3. The van der Waals surface area contributed by atoms with Gasteiger partial charge in [0.1, 0.15) is 0 Å². The van der Waals surface area contributed by atoms with Crippen LogP contribution in [0.25, 0.3) is 0 Å². The molecule has 2 aliphatic rings. The maximum atomic E-state index is 12.3. The standard InChI is InChI=1S/C20H32N4O2/c1-13-11-24(12-14(2)26-13)19-21-10-15-16(7-6-8-17(15)23-19)22-18(25)9-20(3,4)5/h10,13-14,16H,6-9,11-12H2,1-5H3,(H,22,25)/t13-,14-,16+/m1/s1. The fourth-order valence-electron chi connectivity index (χ4n) is 3.91. The van der Waals surface area contributed by atoms with Crippen molar-refractivity contribution in [2.24, 2.45) is 5.41 Å². The maximum Gasteiger partial charge on any atom is 0.225 e. The van der Waals surface area contributed by atoms with Gasteiger partial charge in [-0.3, -0.25) is 4.79 Å². The molecule has 1 amide bonds. The van der Waals surface area contributed by atoms with Crippen molar-refractivity contribution in [2.45, 2.75) is 78.6 Å². The monoisotopic (exact) mass is 360 g/mol. The van der Waals surface area contributed by atoms with Crippen molar-refractivity contribution in [3.05, 3.63) is 17.5 Å². The van der Waals surface area contributed by atoms with Gasteiger partial charge in [-0.25, -0.2) is 9.97 Å². The first-order valence-corrected chi connectivity index (χ1v) is 9.77. The van der Waals surface area contributed by atoms with E-state index in [1.807, 2.05) is 6.20 Å². The highest BCUT2D eigenvalue weighted by Crippen LogP contribution is 2.30. The lowest BCUT2D eigenvalue weighted by Gasteiger charge is -2.36. The van der Waals surface area contributed by atoms with Gasteiger partial charge in [-0.15, -0.1) is 0 Å². The number of hydrogen-bond donors (Lipinski definition) is 1. The number of aryl methyl sites for hydroxylation is 1. The van der Waals surface area contributed by atoms with Crippen LogP contribution in [0.3, 0.4) is 0 Å². The summed E-state index contributed by atoms with van der Waals surface area (Å²) >= 11 is 0. The van der Waals surface area contributed by atoms with E-state index in [1.54, 1.807) is 0 Å². The summed E-state index contributed by atoms with van der Waals surface area (Å²) in [7, 11) is 0. The highest BCUT2D eigenvalue weighted by Gasteiger charge is 2.28. The Morgan fingerprint density at radius 3 is 2.65 bits per heavy atom. The second-order valence-electron chi connectivity index (χ2n) is 8.98. The van der Waals surface area contributed by atoms with Gasteiger partial charge in [-0.05, 0) is 38.5 Å². The molecule has 0 aromatic carbocycles. The summed E-state index contributed by atoms with van der Waals surface area (Å²) in [5.74, 6) is 0.891. The van der Waals surface area contributed by atoms with Crippen molar-refractivity contribution >= 4 is 11.9 Å². The number of amides is 1. The summed E-state index contributed by atoms with van der Waals surface area (Å²) in [6.45, 7) is 12.1. The highest BCUT2D eigenvalue weighted by molar-refractivity contribution is 5.77. The van der Waals surface area contributed by atoms with Crippen molar-refractivity contribution in [1.29, 1.82) is 0 Å². The Labute approximate surface area is 156 Å². The first-order valence-electron chi connectivity index (χ1n) is 9.77. The van der Waals surface area contributed by atoms with Gasteiger partial charge >= 0.3 is 0 Å². The molecule has 1 aromatic rings. The summed E-state index contributed by atoms with van der Waals surface area (Å²) in [6, 6.07) is 0.0326. The van der Waals surface area contributed by atoms with Crippen LogP contribution in [0.2, 0.25) is 0 Å². The number of aromatic nitrogens is 2. The average molecular weight is 361 g/mol. The van der Waals surface area contributed by atoms with Gasteiger partial charge in [-0.1, -0.05) is 20.8 Å². The number of anilines is 1. The van der Waals surface area contributed by atoms with E-state index in [0.29, 0.717) is 6.42 Å². The van der Waals surface area contributed by atoms with Crippen LogP contribution < -0.4 is 10.2 Å². The van der Waals surface area contributed by atoms with E-state index in [1.165, 1.54) is 0 Å². The minimum Gasteiger partial charge on any atom is -0.372 e. The molecule has 3 atom stereocenters. The van der Waals surface area contributed by atoms with Crippen LogP contribution in [-0.4, -0.2) is 41.2 Å². The Balaban J connectivity index is 1.74. The molecule has 6 heteroatoms. The minimum absolute atomic E-state index is 0.00828. The van der Waals surface area contributed by atoms with E-state index in [4.69, 9.17) is 9.72 Å². The molecule has 1 aliphatic heterocycles. The van der Waals surface area contributed by atoms with Crippen molar-refractivity contribution in [3.63, 3.8) is 0 Å². The third-order valence-electron chi connectivity index (χ3n) is 4.90. The number of carbonyl (C=O) groups excluding carboxylic acids is 1. The lowest BCUT2D eigenvalue weighted by atomic mass is 9.89. The number of hydrogen-bond acceptors (Lipinski definition) is 5. The van der Waals surface area contributed by atoms with E-state index < -0.39 is 0 Å². The molecule has 3 rings (SSSR count). The zero-order valence-electron chi connectivity index (χ0n) is 16.7. The molecule has 0 saturated carbocycles. The highest BCUT2D eigenvalue weighted by atomic mass is 16.5.